The first-order valence-corrected chi connectivity index (χ1v) is 14.7. The summed E-state index contributed by atoms with van der Waals surface area (Å²) in [7, 11) is -3.68. The molecule has 11 heteroatoms. The summed E-state index contributed by atoms with van der Waals surface area (Å²) in [6.45, 7) is 4.25. The van der Waals surface area contributed by atoms with Gasteiger partial charge in [0.1, 0.15) is 6.04 Å². The molecule has 3 aromatic rings. The molecule has 2 aliphatic rings. The number of fused-ring (bicyclic) bond motifs is 1. The van der Waals surface area contributed by atoms with E-state index in [0.29, 0.717) is 11.7 Å². The lowest BCUT2D eigenvalue weighted by Crippen LogP contribution is -2.50. The number of sulfonamides is 1. The standard InChI is InChI=1S/C25H28ClN5O3S2/c1-17(31-12-2-3-18-15-19(26)4-9-23(18)31)24(32)28-20-10-13-30(16-20)21-5-7-22(8-6-21)36(33,34)29-25-27-11-14-35-25/h4-9,11,14-15,17,20H,2-3,10,12-13,16H2,1H3,(H,27,29)(H,28,32)/t17-,20?/m0/s1. The number of aryl methyl sites for hydroxylation is 1. The summed E-state index contributed by atoms with van der Waals surface area (Å²) in [6.07, 6.45) is 4.35. The number of hydrogen-bond donors (Lipinski definition) is 2. The van der Waals surface area contributed by atoms with Crippen molar-refractivity contribution in [2.24, 2.45) is 0 Å². The first kappa shape index (κ1) is 24.9. The number of carbonyl (C=O) groups excluding carboxylic acids is 1. The van der Waals surface area contributed by atoms with Crippen LogP contribution in [-0.2, 0) is 21.2 Å². The molecular formula is C25H28ClN5O3S2. The van der Waals surface area contributed by atoms with Crippen molar-refractivity contribution < 1.29 is 13.2 Å². The van der Waals surface area contributed by atoms with E-state index in [2.05, 4.69) is 24.8 Å². The van der Waals surface area contributed by atoms with Crippen LogP contribution in [0.3, 0.4) is 0 Å². The Kier molecular flexibility index (Phi) is 7.09. The van der Waals surface area contributed by atoms with Crippen LogP contribution >= 0.6 is 22.9 Å². The van der Waals surface area contributed by atoms with E-state index < -0.39 is 10.0 Å². The number of amides is 1. The zero-order chi connectivity index (χ0) is 25.3. The van der Waals surface area contributed by atoms with Gasteiger partial charge in [0.25, 0.3) is 10.0 Å². The minimum Gasteiger partial charge on any atom is -0.369 e. The van der Waals surface area contributed by atoms with Gasteiger partial charge in [0, 0.05) is 53.7 Å². The molecule has 8 nitrogen and oxygen atoms in total. The number of thiazole rings is 1. The van der Waals surface area contributed by atoms with Crippen molar-refractivity contribution in [1.29, 1.82) is 0 Å². The molecule has 0 saturated carbocycles. The number of carbonyl (C=O) groups is 1. The maximum atomic E-state index is 13.1. The van der Waals surface area contributed by atoms with Crippen LogP contribution in [0.5, 0.6) is 0 Å². The fourth-order valence-electron chi connectivity index (χ4n) is 4.86. The van der Waals surface area contributed by atoms with Gasteiger partial charge < -0.3 is 15.1 Å². The number of halogens is 1. The molecule has 2 atom stereocenters. The van der Waals surface area contributed by atoms with Gasteiger partial charge in [-0.15, -0.1) is 11.3 Å². The highest BCUT2D eigenvalue weighted by molar-refractivity contribution is 7.93. The molecule has 1 amide bonds. The summed E-state index contributed by atoms with van der Waals surface area (Å²) >= 11 is 7.39. The Hall–Kier alpha value is -2.82. The molecule has 36 heavy (non-hydrogen) atoms. The molecule has 0 radical (unpaired) electrons. The van der Waals surface area contributed by atoms with Gasteiger partial charge in [-0.25, -0.2) is 13.4 Å². The third-order valence-corrected chi connectivity index (χ3v) is 9.15. The van der Waals surface area contributed by atoms with Crippen LogP contribution < -0.4 is 19.8 Å². The highest BCUT2D eigenvalue weighted by Crippen LogP contribution is 2.31. The fourth-order valence-corrected chi connectivity index (χ4v) is 6.84. The average molecular weight is 546 g/mol. The number of anilines is 3. The van der Waals surface area contributed by atoms with Gasteiger partial charge in [-0.1, -0.05) is 11.6 Å². The summed E-state index contributed by atoms with van der Waals surface area (Å²) in [4.78, 5) is 21.6. The molecule has 5 rings (SSSR count). The Morgan fingerprint density at radius 3 is 2.75 bits per heavy atom. The van der Waals surface area contributed by atoms with Crippen LogP contribution in [0.1, 0.15) is 25.3 Å². The molecule has 1 unspecified atom stereocenters. The van der Waals surface area contributed by atoms with Gasteiger partial charge in [-0.2, -0.15) is 0 Å². The highest BCUT2D eigenvalue weighted by atomic mass is 35.5. The number of nitrogens with one attached hydrogen (secondary N) is 2. The first-order chi connectivity index (χ1) is 17.3. The van der Waals surface area contributed by atoms with Crippen LogP contribution in [0.2, 0.25) is 5.02 Å². The molecule has 0 spiro atoms. The van der Waals surface area contributed by atoms with E-state index in [1.54, 1.807) is 35.8 Å². The SMILES string of the molecule is C[C@@H](C(=O)NC1CCN(c2ccc(S(=O)(=O)Nc3nccs3)cc2)C1)N1CCCc2cc(Cl)ccc21. The van der Waals surface area contributed by atoms with Crippen LogP contribution in [0.15, 0.2) is 58.9 Å². The van der Waals surface area contributed by atoms with Crippen LogP contribution in [0.25, 0.3) is 0 Å². The summed E-state index contributed by atoms with van der Waals surface area (Å²) in [5, 5.41) is 5.99. The second kappa shape index (κ2) is 10.3. The monoisotopic (exact) mass is 545 g/mol. The van der Waals surface area contributed by atoms with E-state index in [1.807, 2.05) is 25.1 Å². The van der Waals surface area contributed by atoms with Crippen molar-refractivity contribution in [3.05, 3.63) is 64.6 Å². The van der Waals surface area contributed by atoms with Gasteiger partial charge in [0.2, 0.25) is 5.91 Å². The van der Waals surface area contributed by atoms with Gasteiger partial charge in [0.15, 0.2) is 5.13 Å². The Labute approximate surface area is 220 Å². The van der Waals surface area contributed by atoms with E-state index >= 15 is 0 Å². The van der Waals surface area contributed by atoms with Gasteiger partial charge in [-0.3, -0.25) is 9.52 Å². The van der Waals surface area contributed by atoms with Crippen molar-refractivity contribution in [1.82, 2.24) is 10.3 Å². The van der Waals surface area contributed by atoms with Crippen molar-refractivity contribution in [3.63, 3.8) is 0 Å². The van der Waals surface area contributed by atoms with E-state index in [-0.39, 0.29) is 22.9 Å². The Bertz CT molecular complexity index is 1330. The van der Waals surface area contributed by atoms with E-state index in [4.69, 9.17) is 11.6 Å². The van der Waals surface area contributed by atoms with E-state index in [1.165, 1.54) is 16.9 Å². The van der Waals surface area contributed by atoms with Crippen LogP contribution in [0.4, 0.5) is 16.5 Å². The molecule has 1 aromatic heterocycles. The number of rotatable bonds is 7. The second-order valence-electron chi connectivity index (χ2n) is 9.12. The summed E-state index contributed by atoms with van der Waals surface area (Å²) in [5.41, 5.74) is 3.20. The first-order valence-electron chi connectivity index (χ1n) is 11.9. The minimum atomic E-state index is -3.68. The lowest BCUT2D eigenvalue weighted by atomic mass is 10.00. The lowest BCUT2D eigenvalue weighted by Gasteiger charge is -2.36. The summed E-state index contributed by atoms with van der Waals surface area (Å²) in [5.74, 6) is 0.0133. The van der Waals surface area contributed by atoms with Crippen molar-refractivity contribution >= 4 is 55.4 Å². The average Bonchev–Trinajstić information content (AvgIpc) is 3.55. The molecule has 3 heterocycles. The molecule has 2 aromatic carbocycles. The predicted molar refractivity (Wildman–Crippen MR) is 145 cm³/mol. The van der Waals surface area contributed by atoms with Crippen molar-refractivity contribution in [3.8, 4) is 0 Å². The number of nitrogens with zero attached hydrogens (tertiary/aromatic N) is 3. The highest BCUT2D eigenvalue weighted by Gasteiger charge is 2.30. The Morgan fingerprint density at radius 2 is 2.00 bits per heavy atom. The molecule has 0 bridgehead atoms. The topological polar surface area (TPSA) is 94.6 Å². The van der Waals surface area contributed by atoms with Crippen LogP contribution in [0, 0.1) is 0 Å². The maximum absolute atomic E-state index is 13.1. The third-order valence-electron chi connectivity index (χ3n) is 6.74. The normalized spacial score (nSPS) is 18.6. The largest absolute Gasteiger partial charge is 0.369 e. The fraction of sp³-hybridized carbons (Fsp3) is 0.360. The van der Waals surface area contributed by atoms with Gasteiger partial charge in [0.05, 0.1) is 4.90 Å². The molecule has 190 valence electrons. The molecule has 1 saturated heterocycles. The maximum Gasteiger partial charge on any atom is 0.263 e. The number of hydrogen-bond acceptors (Lipinski definition) is 7. The number of benzene rings is 2. The van der Waals surface area contributed by atoms with Crippen LogP contribution in [-0.4, -0.2) is 51.0 Å². The minimum absolute atomic E-state index is 0.0133. The second-order valence-corrected chi connectivity index (χ2v) is 12.1. The zero-order valence-corrected chi connectivity index (χ0v) is 22.2. The predicted octanol–water partition coefficient (Wildman–Crippen LogP) is 4.13. The molecule has 2 N–H and O–H groups in total. The molecule has 1 fully saturated rings. The molecule has 2 aliphatic heterocycles. The molecular weight excluding hydrogens is 518 g/mol. The summed E-state index contributed by atoms with van der Waals surface area (Å²) in [6, 6.07) is 12.4. The Morgan fingerprint density at radius 1 is 1.19 bits per heavy atom. The zero-order valence-electron chi connectivity index (χ0n) is 19.9. The van der Waals surface area contributed by atoms with Gasteiger partial charge in [-0.05, 0) is 74.2 Å². The van der Waals surface area contributed by atoms with Crippen molar-refractivity contribution in [2.45, 2.75) is 43.2 Å². The van der Waals surface area contributed by atoms with Crippen molar-refractivity contribution in [2.75, 3.05) is 34.2 Å². The third kappa shape index (κ3) is 5.30. The molecule has 0 aliphatic carbocycles. The van der Waals surface area contributed by atoms with Gasteiger partial charge >= 0.3 is 0 Å². The Balaban J connectivity index is 1.19. The smallest absolute Gasteiger partial charge is 0.263 e. The summed E-state index contributed by atoms with van der Waals surface area (Å²) < 4.78 is 27.6. The number of aromatic nitrogens is 1. The van der Waals surface area contributed by atoms with E-state index in [0.717, 1.165) is 48.7 Å². The van der Waals surface area contributed by atoms with E-state index in [9.17, 15) is 13.2 Å². The quantitative estimate of drug-likeness (QED) is 0.463. The lowest BCUT2D eigenvalue weighted by molar-refractivity contribution is -0.122.